The molecule has 0 aromatic heterocycles. The van der Waals surface area contributed by atoms with Crippen LogP contribution in [-0.2, 0) is 30.4 Å². The molecule has 1 aliphatic heterocycles. The average molecular weight is 362 g/mol. The molecule has 0 bridgehead atoms. The van der Waals surface area contributed by atoms with E-state index in [2.05, 4.69) is 5.32 Å². The zero-order valence-corrected chi connectivity index (χ0v) is 15.4. The molecule has 0 unspecified atom stereocenters. The SMILES string of the molecule is COC(=O)[C@@H](NC(=O)C[C@@H]1CCC(=O)N1Cc1ccccc1)[C@@H](C)OC. The van der Waals surface area contributed by atoms with E-state index in [1.807, 2.05) is 30.3 Å². The molecule has 7 nitrogen and oxygen atoms in total. The lowest BCUT2D eigenvalue weighted by Gasteiger charge is -2.26. The summed E-state index contributed by atoms with van der Waals surface area (Å²) in [5.41, 5.74) is 1.02. The Bertz CT molecular complexity index is 634. The molecule has 1 aliphatic rings. The van der Waals surface area contributed by atoms with Gasteiger partial charge in [0.25, 0.3) is 0 Å². The maximum Gasteiger partial charge on any atom is 0.331 e. The number of likely N-dealkylation sites (tertiary alicyclic amines) is 1. The number of nitrogens with one attached hydrogen (secondary N) is 1. The fourth-order valence-electron chi connectivity index (χ4n) is 3.08. The van der Waals surface area contributed by atoms with Crippen molar-refractivity contribution in [3.63, 3.8) is 0 Å². The van der Waals surface area contributed by atoms with Gasteiger partial charge in [-0.3, -0.25) is 9.59 Å². The Kier molecular flexibility index (Phi) is 7.15. The summed E-state index contributed by atoms with van der Waals surface area (Å²) in [4.78, 5) is 38.2. The number of methoxy groups -OCH3 is 2. The third kappa shape index (κ3) is 5.05. The van der Waals surface area contributed by atoms with Gasteiger partial charge in [-0.25, -0.2) is 4.79 Å². The number of carbonyl (C=O) groups is 3. The van der Waals surface area contributed by atoms with E-state index in [9.17, 15) is 14.4 Å². The third-order valence-electron chi connectivity index (χ3n) is 4.68. The van der Waals surface area contributed by atoms with Crippen LogP contribution in [0.2, 0.25) is 0 Å². The molecule has 0 spiro atoms. The molecule has 142 valence electrons. The Hall–Kier alpha value is -2.41. The van der Waals surface area contributed by atoms with Crippen molar-refractivity contribution in [3.05, 3.63) is 35.9 Å². The minimum absolute atomic E-state index is 0.0430. The molecule has 1 aromatic rings. The van der Waals surface area contributed by atoms with E-state index in [1.165, 1.54) is 14.2 Å². The summed E-state index contributed by atoms with van der Waals surface area (Å²) < 4.78 is 9.87. The average Bonchev–Trinajstić information content (AvgIpc) is 2.99. The van der Waals surface area contributed by atoms with Crippen LogP contribution in [0.5, 0.6) is 0 Å². The Morgan fingerprint density at radius 2 is 1.96 bits per heavy atom. The maximum atomic E-state index is 12.4. The summed E-state index contributed by atoms with van der Waals surface area (Å²) in [5, 5.41) is 2.67. The van der Waals surface area contributed by atoms with Gasteiger partial charge in [-0.1, -0.05) is 30.3 Å². The normalized spacial score (nSPS) is 19.1. The van der Waals surface area contributed by atoms with Gasteiger partial charge >= 0.3 is 5.97 Å². The number of ether oxygens (including phenoxy) is 2. The molecular weight excluding hydrogens is 336 g/mol. The highest BCUT2D eigenvalue weighted by Crippen LogP contribution is 2.24. The largest absolute Gasteiger partial charge is 0.467 e. The molecule has 7 heteroatoms. The highest BCUT2D eigenvalue weighted by Gasteiger charge is 2.34. The molecule has 1 saturated heterocycles. The smallest absolute Gasteiger partial charge is 0.331 e. The highest BCUT2D eigenvalue weighted by atomic mass is 16.5. The summed E-state index contributed by atoms with van der Waals surface area (Å²) in [6.45, 7) is 2.16. The van der Waals surface area contributed by atoms with Gasteiger partial charge in [0.1, 0.15) is 0 Å². The number of amides is 2. The lowest BCUT2D eigenvalue weighted by molar-refractivity contribution is -0.149. The number of nitrogens with zero attached hydrogens (tertiary/aromatic N) is 1. The Morgan fingerprint density at radius 3 is 2.58 bits per heavy atom. The standard InChI is InChI=1S/C19H26N2O5/c1-13(25-2)18(19(24)26-3)20-16(22)11-15-9-10-17(23)21(15)12-14-7-5-4-6-8-14/h4-8,13,15,18H,9-12H2,1-3H3,(H,20,22)/t13-,15+,18+/m1/s1. The first-order valence-electron chi connectivity index (χ1n) is 8.69. The second-order valence-electron chi connectivity index (χ2n) is 6.41. The molecule has 0 saturated carbocycles. The zero-order valence-electron chi connectivity index (χ0n) is 15.4. The highest BCUT2D eigenvalue weighted by molar-refractivity contribution is 5.86. The van der Waals surface area contributed by atoms with Crippen LogP contribution in [0.4, 0.5) is 0 Å². The maximum absolute atomic E-state index is 12.4. The summed E-state index contributed by atoms with van der Waals surface area (Å²) in [7, 11) is 2.73. The third-order valence-corrected chi connectivity index (χ3v) is 4.68. The monoisotopic (exact) mass is 362 g/mol. The first-order chi connectivity index (χ1) is 12.5. The number of hydrogen-bond donors (Lipinski definition) is 1. The Morgan fingerprint density at radius 1 is 1.27 bits per heavy atom. The summed E-state index contributed by atoms with van der Waals surface area (Å²) >= 11 is 0. The van der Waals surface area contributed by atoms with Crippen molar-refractivity contribution in [2.24, 2.45) is 0 Å². The van der Waals surface area contributed by atoms with Gasteiger partial charge < -0.3 is 19.7 Å². The molecule has 1 fully saturated rings. The first-order valence-corrected chi connectivity index (χ1v) is 8.69. The molecular formula is C19H26N2O5. The van der Waals surface area contributed by atoms with E-state index in [0.29, 0.717) is 19.4 Å². The van der Waals surface area contributed by atoms with Crippen LogP contribution in [-0.4, -0.2) is 55.1 Å². The number of hydrogen-bond acceptors (Lipinski definition) is 5. The predicted molar refractivity (Wildman–Crippen MR) is 95.0 cm³/mol. The minimum atomic E-state index is -0.878. The van der Waals surface area contributed by atoms with E-state index < -0.39 is 18.1 Å². The molecule has 2 rings (SSSR count). The van der Waals surface area contributed by atoms with Crippen LogP contribution >= 0.6 is 0 Å². The van der Waals surface area contributed by atoms with Crippen molar-refractivity contribution >= 4 is 17.8 Å². The lowest BCUT2D eigenvalue weighted by atomic mass is 10.1. The zero-order chi connectivity index (χ0) is 19.1. The topological polar surface area (TPSA) is 84.9 Å². The van der Waals surface area contributed by atoms with E-state index in [0.717, 1.165) is 5.56 Å². The van der Waals surface area contributed by atoms with Crippen LogP contribution < -0.4 is 5.32 Å². The summed E-state index contributed by atoms with van der Waals surface area (Å²) in [6, 6.07) is 8.61. The van der Waals surface area contributed by atoms with Crippen LogP contribution in [0, 0.1) is 0 Å². The van der Waals surface area contributed by atoms with Gasteiger partial charge in [0, 0.05) is 32.5 Å². The molecule has 0 aliphatic carbocycles. The van der Waals surface area contributed by atoms with Crippen molar-refractivity contribution in [3.8, 4) is 0 Å². The van der Waals surface area contributed by atoms with Crippen LogP contribution in [0.1, 0.15) is 31.7 Å². The van der Waals surface area contributed by atoms with Crippen LogP contribution in [0.3, 0.4) is 0 Å². The van der Waals surface area contributed by atoms with E-state index >= 15 is 0 Å². The van der Waals surface area contributed by atoms with Crippen LogP contribution in [0.15, 0.2) is 30.3 Å². The molecule has 1 N–H and O–H groups in total. The van der Waals surface area contributed by atoms with Gasteiger partial charge in [0.15, 0.2) is 6.04 Å². The van der Waals surface area contributed by atoms with Crippen LogP contribution in [0.25, 0.3) is 0 Å². The van der Waals surface area contributed by atoms with Crippen molar-refractivity contribution in [2.75, 3.05) is 14.2 Å². The lowest BCUT2D eigenvalue weighted by Crippen LogP contribution is -2.50. The van der Waals surface area contributed by atoms with Crippen molar-refractivity contribution in [1.29, 1.82) is 0 Å². The van der Waals surface area contributed by atoms with Crippen molar-refractivity contribution in [2.45, 2.75) is 50.9 Å². The Balaban J connectivity index is 1.99. The fraction of sp³-hybridized carbons (Fsp3) is 0.526. The number of esters is 1. The number of rotatable bonds is 8. The Labute approximate surface area is 153 Å². The van der Waals surface area contributed by atoms with Gasteiger partial charge in [0.05, 0.1) is 13.2 Å². The van der Waals surface area contributed by atoms with Gasteiger partial charge in [-0.15, -0.1) is 0 Å². The second-order valence-corrected chi connectivity index (χ2v) is 6.41. The molecule has 0 radical (unpaired) electrons. The minimum Gasteiger partial charge on any atom is -0.467 e. The molecule has 1 heterocycles. The van der Waals surface area contributed by atoms with E-state index in [-0.39, 0.29) is 24.3 Å². The van der Waals surface area contributed by atoms with E-state index in [4.69, 9.17) is 9.47 Å². The van der Waals surface area contributed by atoms with Gasteiger partial charge in [-0.05, 0) is 18.9 Å². The number of benzene rings is 1. The molecule has 3 atom stereocenters. The second kappa shape index (κ2) is 9.33. The van der Waals surface area contributed by atoms with Crippen molar-refractivity contribution in [1.82, 2.24) is 10.2 Å². The molecule has 2 amide bonds. The summed E-state index contributed by atoms with van der Waals surface area (Å²) in [5.74, 6) is -0.820. The van der Waals surface area contributed by atoms with Gasteiger partial charge in [0.2, 0.25) is 11.8 Å². The molecule has 26 heavy (non-hydrogen) atoms. The molecule has 1 aromatic carbocycles. The summed E-state index contributed by atoms with van der Waals surface area (Å²) in [6.07, 6.45) is 0.682. The first kappa shape index (κ1) is 19.9. The van der Waals surface area contributed by atoms with E-state index in [1.54, 1.807) is 11.8 Å². The number of carbonyl (C=O) groups excluding carboxylic acids is 3. The van der Waals surface area contributed by atoms with Crippen molar-refractivity contribution < 1.29 is 23.9 Å². The quantitative estimate of drug-likeness (QED) is 0.704. The fourth-order valence-corrected chi connectivity index (χ4v) is 3.08. The van der Waals surface area contributed by atoms with Gasteiger partial charge in [-0.2, -0.15) is 0 Å². The predicted octanol–water partition coefficient (Wildman–Crippen LogP) is 1.26.